The van der Waals surface area contributed by atoms with Crippen molar-refractivity contribution in [3.05, 3.63) is 27.1 Å². The van der Waals surface area contributed by atoms with Gasteiger partial charge in [-0.3, -0.25) is 0 Å². The second kappa shape index (κ2) is 6.29. The Bertz CT molecular complexity index is 766. The summed E-state index contributed by atoms with van der Waals surface area (Å²) in [6.07, 6.45) is 5.07. The Kier molecular flexibility index (Phi) is 4.36. The van der Waals surface area contributed by atoms with Crippen LogP contribution in [0.25, 0.3) is 0 Å². The van der Waals surface area contributed by atoms with Gasteiger partial charge in [-0.15, -0.1) is 11.3 Å². The molecule has 0 saturated heterocycles. The molecule has 0 bridgehead atoms. The van der Waals surface area contributed by atoms with Crippen molar-refractivity contribution < 1.29 is 19.8 Å². The van der Waals surface area contributed by atoms with E-state index in [2.05, 4.69) is 4.98 Å². The molecular weight excluding hydrogens is 336 g/mol. The van der Waals surface area contributed by atoms with Crippen LogP contribution in [0.1, 0.15) is 50.2 Å². The molecule has 0 atom stereocenters. The molecule has 2 heterocycles. The molecule has 122 valence electrons. The van der Waals surface area contributed by atoms with Gasteiger partial charge in [-0.25, -0.2) is 14.6 Å². The lowest BCUT2D eigenvalue weighted by molar-refractivity contribution is 0.0690. The van der Waals surface area contributed by atoms with Crippen LogP contribution in [0.4, 0.5) is 10.1 Å². The Morgan fingerprint density at radius 2 is 1.87 bits per heavy atom. The lowest BCUT2D eigenvalue weighted by Crippen LogP contribution is -2.17. The van der Waals surface area contributed by atoms with Crippen LogP contribution < -0.4 is 4.90 Å². The molecular formula is C15H16N2O4S2. The molecule has 2 N–H and O–H groups in total. The molecule has 0 unspecified atom stereocenters. The van der Waals surface area contributed by atoms with Crippen LogP contribution in [-0.2, 0) is 12.8 Å². The maximum atomic E-state index is 11.5. The highest BCUT2D eigenvalue weighted by Gasteiger charge is 2.28. The first-order chi connectivity index (χ1) is 11.0. The van der Waals surface area contributed by atoms with E-state index in [1.807, 2.05) is 11.8 Å². The first kappa shape index (κ1) is 15.9. The summed E-state index contributed by atoms with van der Waals surface area (Å²) >= 11 is 2.39. The zero-order valence-corrected chi connectivity index (χ0v) is 14.2. The lowest BCUT2D eigenvalue weighted by atomic mass is 9.93. The highest BCUT2D eigenvalue weighted by Crippen LogP contribution is 2.43. The summed E-state index contributed by atoms with van der Waals surface area (Å²) in [4.78, 5) is 29.3. The number of rotatable bonds is 5. The van der Waals surface area contributed by atoms with E-state index in [-0.39, 0.29) is 4.88 Å². The zero-order chi connectivity index (χ0) is 16.6. The number of hydrogen-bond acceptors (Lipinski definition) is 6. The number of thiazole rings is 1. The third-order valence-corrected chi connectivity index (χ3v) is 6.18. The van der Waals surface area contributed by atoms with Gasteiger partial charge in [-0.2, -0.15) is 0 Å². The van der Waals surface area contributed by atoms with Crippen molar-refractivity contribution in [3.63, 3.8) is 0 Å². The van der Waals surface area contributed by atoms with Gasteiger partial charge in [0, 0.05) is 6.54 Å². The maximum absolute atomic E-state index is 11.5. The minimum absolute atomic E-state index is 0.183. The second-order valence-corrected chi connectivity index (χ2v) is 7.27. The van der Waals surface area contributed by atoms with Crippen LogP contribution in [0.15, 0.2) is 6.20 Å². The van der Waals surface area contributed by atoms with Crippen molar-refractivity contribution >= 4 is 44.7 Å². The Labute approximate surface area is 141 Å². The number of aromatic nitrogens is 1. The van der Waals surface area contributed by atoms with E-state index in [0.29, 0.717) is 16.6 Å². The SMILES string of the molecule is CCN(c1ncc(C(=O)O)s1)c1sc(C(=O)O)c2c1CCCC2. The van der Waals surface area contributed by atoms with Gasteiger partial charge in [0.1, 0.15) is 14.8 Å². The van der Waals surface area contributed by atoms with Crippen LogP contribution in [0.2, 0.25) is 0 Å². The molecule has 0 spiro atoms. The maximum Gasteiger partial charge on any atom is 0.347 e. The van der Waals surface area contributed by atoms with Crippen molar-refractivity contribution in [1.29, 1.82) is 0 Å². The Balaban J connectivity index is 2.07. The summed E-state index contributed by atoms with van der Waals surface area (Å²) in [5, 5.41) is 20.0. The van der Waals surface area contributed by atoms with E-state index >= 15 is 0 Å². The van der Waals surface area contributed by atoms with Gasteiger partial charge < -0.3 is 15.1 Å². The van der Waals surface area contributed by atoms with Gasteiger partial charge >= 0.3 is 11.9 Å². The quantitative estimate of drug-likeness (QED) is 0.854. The number of carboxylic acids is 2. The molecule has 8 heteroatoms. The normalized spacial score (nSPS) is 13.6. The molecule has 1 aliphatic carbocycles. The molecule has 0 saturated carbocycles. The summed E-state index contributed by atoms with van der Waals surface area (Å²) in [5.41, 5.74) is 2.03. The number of fused-ring (bicyclic) bond motifs is 1. The first-order valence-electron chi connectivity index (χ1n) is 7.37. The van der Waals surface area contributed by atoms with Crippen molar-refractivity contribution in [2.24, 2.45) is 0 Å². The molecule has 1 aliphatic rings. The predicted octanol–water partition coefficient (Wildman–Crippen LogP) is 3.64. The number of nitrogens with zero attached hydrogens (tertiary/aromatic N) is 2. The molecule has 0 aliphatic heterocycles. The summed E-state index contributed by atoms with van der Waals surface area (Å²) in [7, 11) is 0. The lowest BCUT2D eigenvalue weighted by Gasteiger charge is -2.21. The highest BCUT2D eigenvalue weighted by atomic mass is 32.1. The average Bonchev–Trinajstić information content (AvgIpc) is 3.14. The van der Waals surface area contributed by atoms with E-state index in [0.717, 1.165) is 53.1 Å². The van der Waals surface area contributed by atoms with Crippen molar-refractivity contribution in [2.75, 3.05) is 11.4 Å². The van der Waals surface area contributed by atoms with Crippen molar-refractivity contribution in [1.82, 2.24) is 4.98 Å². The minimum atomic E-state index is -0.996. The fraction of sp³-hybridized carbons (Fsp3) is 0.400. The highest BCUT2D eigenvalue weighted by molar-refractivity contribution is 7.20. The zero-order valence-electron chi connectivity index (χ0n) is 12.5. The van der Waals surface area contributed by atoms with Crippen molar-refractivity contribution in [3.8, 4) is 0 Å². The summed E-state index contributed by atoms with van der Waals surface area (Å²) in [5.74, 6) is -1.88. The van der Waals surface area contributed by atoms with E-state index in [1.165, 1.54) is 17.5 Å². The molecule has 3 rings (SSSR count). The second-order valence-electron chi connectivity index (χ2n) is 5.26. The Morgan fingerprint density at radius 3 is 2.43 bits per heavy atom. The van der Waals surface area contributed by atoms with Gasteiger partial charge in [0.2, 0.25) is 0 Å². The van der Waals surface area contributed by atoms with Crippen LogP contribution in [0, 0.1) is 0 Å². The third-order valence-electron chi connectivity index (χ3n) is 3.89. The summed E-state index contributed by atoms with van der Waals surface area (Å²) in [6.45, 7) is 2.57. The van der Waals surface area contributed by atoms with Crippen LogP contribution in [0.5, 0.6) is 0 Å². The Hall–Kier alpha value is -1.93. The van der Waals surface area contributed by atoms with Crippen molar-refractivity contribution in [2.45, 2.75) is 32.6 Å². The van der Waals surface area contributed by atoms with Crippen LogP contribution >= 0.6 is 22.7 Å². The molecule has 2 aromatic heterocycles. The van der Waals surface area contributed by atoms with E-state index < -0.39 is 11.9 Å². The largest absolute Gasteiger partial charge is 0.477 e. The first-order valence-corrected chi connectivity index (χ1v) is 9.00. The van der Waals surface area contributed by atoms with Gasteiger partial charge in [0.15, 0.2) is 5.13 Å². The van der Waals surface area contributed by atoms with Crippen LogP contribution in [-0.4, -0.2) is 33.7 Å². The standard InChI is InChI=1S/C15H16N2O4S2/c1-2-17(15-16-7-10(22-15)13(18)19)12-9-6-4-3-5-8(9)11(23-12)14(20)21/h7H,2-6H2,1H3,(H,18,19)(H,20,21). The smallest absolute Gasteiger partial charge is 0.347 e. The van der Waals surface area contributed by atoms with Crippen LogP contribution in [0.3, 0.4) is 0 Å². The molecule has 23 heavy (non-hydrogen) atoms. The summed E-state index contributed by atoms with van der Waals surface area (Å²) in [6, 6.07) is 0. The number of hydrogen-bond donors (Lipinski definition) is 2. The summed E-state index contributed by atoms with van der Waals surface area (Å²) < 4.78 is 0. The minimum Gasteiger partial charge on any atom is -0.477 e. The molecule has 2 aromatic rings. The number of carboxylic acid groups (broad SMARTS) is 2. The van der Waals surface area contributed by atoms with Gasteiger partial charge in [0.25, 0.3) is 0 Å². The number of anilines is 2. The fourth-order valence-electron chi connectivity index (χ4n) is 2.86. The molecule has 0 amide bonds. The van der Waals surface area contributed by atoms with Gasteiger partial charge in [0.05, 0.1) is 6.20 Å². The average molecular weight is 352 g/mol. The van der Waals surface area contributed by atoms with E-state index in [9.17, 15) is 14.7 Å². The Morgan fingerprint density at radius 1 is 1.17 bits per heavy atom. The fourth-order valence-corrected chi connectivity index (χ4v) is 5.04. The predicted molar refractivity (Wildman–Crippen MR) is 89.7 cm³/mol. The number of aromatic carboxylic acids is 2. The third kappa shape index (κ3) is 2.84. The van der Waals surface area contributed by atoms with E-state index in [1.54, 1.807) is 0 Å². The monoisotopic (exact) mass is 352 g/mol. The molecule has 0 fully saturated rings. The molecule has 0 radical (unpaired) electrons. The number of thiophene rings is 1. The number of carbonyl (C=O) groups is 2. The molecule has 0 aromatic carbocycles. The molecule has 6 nitrogen and oxygen atoms in total. The topological polar surface area (TPSA) is 90.7 Å². The van der Waals surface area contributed by atoms with Gasteiger partial charge in [-0.1, -0.05) is 11.3 Å². The van der Waals surface area contributed by atoms with E-state index in [4.69, 9.17) is 5.11 Å². The van der Waals surface area contributed by atoms with Gasteiger partial charge in [-0.05, 0) is 43.7 Å².